The summed E-state index contributed by atoms with van der Waals surface area (Å²) >= 11 is 0. The minimum absolute atomic E-state index is 0.133. The van der Waals surface area contributed by atoms with E-state index in [2.05, 4.69) is 0 Å². The Morgan fingerprint density at radius 2 is 1.91 bits per heavy atom. The number of likely N-dealkylation sites (tertiary alicyclic amines) is 1. The summed E-state index contributed by atoms with van der Waals surface area (Å²) in [6.45, 7) is 0.845. The van der Waals surface area contributed by atoms with Crippen LogP contribution in [0.1, 0.15) is 38.3 Å². The minimum Gasteiger partial charge on any atom is -0.494 e. The molecule has 2 amide bonds. The van der Waals surface area contributed by atoms with Crippen molar-refractivity contribution >= 4 is 11.8 Å². The van der Waals surface area contributed by atoms with Crippen molar-refractivity contribution in [1.82, 2.24) is 4.90 Å². The smallest absolute Gasteiger partial charge is 0.253 e. The van der Waals surface area contributed by atoms with Crippen molar-refractivity contribution in [3.63, 3.8) is 0 Å². The van der Waals surface area contributed by atoms with Crippen molar-refractivity contribution in [2.24, 2.45) is 5.73 Å². The SMILES string of the molecule is COc1ccc(-c2cc(C(N)=O)c3c(c2)-c2cc(C(=O)N4CC[C@H](O)C4)ccc2C3)cc1F. The van der Waals surface area contributed by atoms with E-state index in [-0.39, 0.29) is 11.7 Å². The van der Waals surface area contributed by atoms with Gasteiger partial charge in [-0.15, -0.1) is 0 Å². The molecule has 1 aliphatic carbocycles. The number of primary amides is 1. The van der Waals surface area contributed by atoms with Crippen LogP contribution >= 0.6 is 0 Å². The monoisotopic (exact) mass is 446 g/mol. The molecule has 0 saturated carbocycles. The van der Waals surface area contributed by atoms with Crippen LogP contribution in [0.15, 0.2) is 48.5 Å². The molecule has 0 radical (unpaired) electrons. The molecule has 3 N–H and O–H groups in total. The molecule has 3 aromatic carbocycles. The van der Waals surface area contributed by atoms with Crippen molar-refractivity contribution < 1.29 is 23.8 Å². The molecule has 1 aliphatic heterocycles. The van der Waals surface area contributed by atoms with Gasteiger partial charge in [-0.3, -0.25) is 9.59 Å². The number of rotatable bonds is 4. The number of fused-ring (bicyclic) bond motifs is 3. The van der Waals surface area contributed by atoms with Gasteiger partial charge in [-0.2, -0.15) is 0 Å². The molecule has 0 spiro atoms. The van der Waals surface area contributed by atoms with E-state index < -0.39 is 17.8 Å². The molecule has 1 atom stereocenters. The Morgan fingerprint density at radius 1 is 1.09 bits per heavy atom. The number of halogens is 1. The summed E-state index contributed by atoms with van der Waals surface area (Å²) in [5, 5.41) is 9.78. The first-order valence-electron chi connectivity index (χ1n) is 10.8. The summed E-state index contributed by atoms with van der Waals surface area (Å²) in [6, 6.07) is 13.7. The molecule has 0 bridgehead atoms. The van der Waals surface area contributed by atoms with Crippen molar-refractivity contribution in [3.8, 4) is 28.0 Å². The van der Waals surface area contributed by atoms with Gasteiger partial charge in [-0.1, -0.05) is 12.1 Å². The van der Waals surface area contributed by atoms with Crippen molar-refractivity contribution in [2.75, 3.05) is 20.2 Å². The van der Waals surface area contributed by atoms with E-state index in [0.717, 1.165) is 22.3 Å². The lowest BCUT2D eigenvalue weighted by atomic mass is 9.93. The van der Waals surface area contributed by atoms with Gasteiger partial charge in [0.1, 0.15) is 0 Å². The number of hydrogen-bond acceptors (Lipinski definition) is 4. The van der Waals surface area contributed by atoms with Gasteiger partial charge in [-0.25, -0.2) is 4.39 Å². The largest absolute Gasteiger partial charge is 0.494 e. The summed E-state index contributed by atoms with van der Waals surface area (Å²) in [5.74, 6) is -1.06. The standard InChI is InChI=1S/C26H23FN2O4/c1-33-24-5-4-14(12-23(24)27)17-10-20-19-9-16(26(32)29-7-6-18(30)13-29)3-2-15(19)8-21(20)22(11-17)25(28)31/h2-5,9-12,18,30H,6-8,13H2,1H3,(H2,28,31)/t18-/m0/s1. The third kappa shape index (κ3) is 3.64. The van der Waals surface area contributed by atoms with Crippen molar-refractivity contribution in [1.29, 1.82) is 0 Å². The molecule has 3 aromatic rings. The Bertz CT molecular complexity index is 1300. The summed E-state index contributed by atoms with van der Waals surface area (Å²) in [7, 11) is 1.40. The van der Waals surface area contributed by atoms with Crippen LogP contribution in [0, 0.1) is 5.82 Å². The fourth-order valence-electron chi connectivity index (χ4n) is 4.75. The number of aliphatic hydroxyl groups is 1. The van der Waals surface area contributed by atoms with E-state index >= 15 is 0 Å². The van der Waals surface area contributed by atoms with Gasteiger partial charge < -0.3 is 20.5 Å². The summed E-state index contributed by atoms with van der Waals surface area (Å²) in [4.78, 5) is 26.9. The molecule has 2 aliphatic rings. The highest BCUT2D eigenvalue weighted by Crippen LogP contribution is 2.42. The Kier molecular flexibility index (Phi) is 5.13. The highest BCUT2D eigenvalue weighted by molar-refractivity contribution is 6.01. The Labute approximate surface area is 190 Å². The first kappa shape index (κ1) is 21.2. The predicted octanol–water partition coefficient (Wildman–Crippen LogP) is 3.38. The Balaban J connectivity index is 1.60. The highest BCUT2D eigenvalue weighted by Gasteiger charge is 2.29. The predicted molar refractivity (Wildman–Crippen MR) is 122 cm³/mol. The average Bonchev–Trinajstić information content (AvgIpc) is 3.40. The first-order valence-corrected chi connectivity index (χ1v) is 10.8. The molecule has 5 rings (SSSR count). The lowest BCUT2D eigenvalue weighted by molar-refractivity contribution is 0.0765. The van der Waals surface area contributed by atoms with E-state index in [9.17, 15) is 19.1 Å². The number of amides is 2. The molecule has 7 heteroatoms. The number of carbonyl (C=O) groups excluding carboxylic acids is 2. The van der Waals surface area contributed by atoms with Gasteiger partial charge in [0.2, 0.25) is 5.91 Å². The first-order chi connectivity index (χ1) is 15.9. The molecule has 1 saturated heterocycles. The molecule has 0 aromatic heterocycles. The van der Waals surface area contributed by atoms with E-state index in [1.807, 2.05) is 18.2 Å². The van der Waals surface area contributed by atoms with Gasteiger partial charge in [0.15, 0.2) is 11.6 Å². The Morgan fingerprint density at radius 3 is 2.58 bits per heavy atom. The quantitative estimate of drug-likeness (QED) is 0.503. The van der Waals surface area contributed by atoms with Crippen molar-refractivity contribution in [3.05, 3.63) is 76.6 Å². The van der Waals surface area contributed by atoms with Gasteiger partial charge in [-0.05, 0) is 82.6 Å². The summed E-state index contributed by atoms with van der Waals surface area (Å²) in [5.41, 5.74) is 11.3. The van der Waals surface area contributed by atoms with Crippen LogP contribution in [0.2, 0.25) is 0 Å². The zero-order valence-corrected chi connectivity index (χ0v) is 18.1. The topological polar surface area (TPSA) is 92.9 Å². The number of benzene rings is 3. The van der Waals surface area contributed by atoms with Crippen LogP contribution in [0.5, 0.6) is 5.75 Å². The molecule has 1 fully saturated rings. The van der Waals surface area contributed by atoms with Crippen LogP contribution in [0.25, 0.3) is 22.3 Å². The van der Waals surface area contributed by atoms with E-state index in [4.69, 9.17) is 10.5 Å². The zero-order chi connectivity index (χ0) is 23.3. The van der Waals surface area contributed by atoms with Crippen LogP contribution in [-0.4, -0.2) is 48.1 Å². The maximum atomic E-state index is 14.3. The van der Waals surface area contributed by atoms with Crippen LogP contribution < -0.4 is 10.5 Å². The summed E-state index contributed by atoms with van der Waals surface area (Å²) in [6.07, 6.45) is 0.607. The summed E-state index contributed by atoms with van der Waals surface area (Å²) < 4.78 is 19.4. The van der Waals surface area contributed by atoms with Crippen LogP contribution in [0.3, 0.4) is 0 Å². The van der Waals surface area contributed by atoms with Gasteiger partial charge >= 0.3 is 0 Å². The second kappa shape index (κ2) is 8.01. The lowest BCUT2D eigenvalue weighted by Gasteiger charge is -2.16. The normalized spacial score (nSPS) is 16.5. The fourth-order valence-corrected chi connectivity index (χ4v) is 4.75. The molecule has 0 unspecified atom stereocenters. The number of methoxy groups -OCH3 is 1. The van der Waals surface area contributed by atoms with Crippen LogP contribution in [-0.2, 0) is 6.42 Å². The van der Waals surface area contributed by atoms with Gasteiger partial charge in [0, 0.05) is 24.2 Å². The fraction of sp³-hybridized carbons (Fsp3) is 0.231. The van der Waals surface area contributed by atoms with Gasteiger partial charge in [0.25, 0.3) is 5.91 Å². The second-order valence-corrected chi connectivity index (χ2v) is 8.51. The zero-order valence-electron chi connectivity index (χ0n) is 18.1. The van der Waals surface area contributed by atoms with Crippen LogP contribution in [0.4, 0.5) is 4.39 Å². The van der Waals surface area contributed by atoms with E-state index in [1.165, 1.54) is 19.2 Å². The Hall–Kier alpha value is -3.71. The molecule has 6 nitrogen and oxygen atoms in total. The highest BCUT2D eigenvalue weighted by atomic mass is 19.1. The third-order valence-corrected chi connectivity index (χ3v) is 6.47. The number of β-amino-alcohol motifs (C(OH)–C–C–N with tert-alkyl or cyclic N) is 1. The minimum atomic E-state index is -0.558. The number of aliphatic hydroxyl groups excluding tert-OH is 1. The number of hydrogen-bond donors (Lipinski definition) is 2. The second-order valence-electron chi connectivity index (χ2n) is 8.51. The van der Waals surface area contributed by atoms with E-state index in [0.29, 0.717) is 48.2 Å². The number of carbonyl (C=O) groups is 2. The molecular formula is C26H23FN2O4. The third-order valence-electron chi connectivity index (χ3n) is 6.47. The van der Waals surface area contributed by atoms with Crippen molar-refractivity contribution in [2.45, 2.75) is 18.9 Å². The molecular weight excluding hydrogens is 423 g/mol. The maximum absolute atomic E-state index is 14.3. The van der Waals surface area contributed by atoms with E-state index in [1.54, 1.807) is 23.1 Å². The number of nitrogens with zero attached hydrogens (tertiary/aromatic N) is 1. The molecule has 33 heavy (non-hydrogen) atoms. The number of ether oxygens (including phenoxy) is 1. The molecule has 168 valence electrons. The average molecular weight is 446 g/mol. The maximum Gasteiger partial charge on any atom is 0.253 e. The lowest BCUT2D eigenvalue weighted by Crippen LogP contribution is -2.29. The number of nitrogens with two attached hydrogens (primary N) is 1. The van der Waals surface area contributed by atoms with Gasteiger partial charge in [0.05, 0.1) is 13.2 Å². The molecule has 1 heterocycles.